The maximum atomic E-state index is 12.1. The number of oxazole rings is 1. The number of rotatable bonds is 5. The second-order valence-electron chi connectivity index (χ2n) is 7.43. The van der Waals surface area contributed by atoms with E-state index < -0.39 is 6.10 Å². The van der Waals surface area contributed by atoms with Crippen LogP contribution in [-0.2, 0) is 4.79 Å². The van der Waals surface area contributed by atoms with Crippen molar-refractivity contribution in [3.63, 3.8) is 0 Å². The summed E-state index contributed by atoms with van der Waals surface area (Å²) in [7, 11) is 0. The molecule has 0 spiro atoms. The summed E-state index contributed by atoms with van der Waals surface area (Å²) in [6.07, 6.45) is 5.12. The summed E-state index contributed by atoms with van der Waals surface area (Å²) in [5.41, 5.74) is 5.56. The van der Waals surface area contributed by atoms with E-state index in [-0.39, 0.29) is 11.8 Å². The second-order valence-corrected chi connectivity index (χ2v) is 8.43. The fraction of sp³-hybridized carbons (Fsp3) is 0.333. The maximum Gasteiger partial charge on any atom is 0.229 e. The molecule has 1 amide bonds. The van der Waals surface area contributed by atoms with Crippen LogP contribution in [-0.4, -0.2) is 26.0 Å². The summed E-state index contributed by atoms with van der Waals surface area (Å²) in [5, 5.41) is 13.6. The molecule has 1 saturated carbocycles. The molecule has 7 nitrogen and oxygen atoms in total. The molecule has 0 saturated heterocycles. The van der Waals surface area contributed by atoms with Crippen LogP contribution in [0.15, 0.2) is 29.1 Å². The number of benzene rings is 1. The minimum absolute atomic E-state index is 0.0307. The third-order valence-corrected chi connectivity index (χ3v) is 6.28. The molecule has 1 fully saturated rings. The summed E-state index contributed by atoms with van der Waals surface area (Å²) >= 11 is 1.40. The van der Waals surface area contributed by atoms with Gasteiger partial charge in [0.25, 0.3) is 0 Å². The number of aliphatic hydroxyl groups excluding tert-OH is 1. The van der Waals surface area contributed by atoms with Gasteiger partial charge < -0.3 is 14.8 Å². The highest BCUT2D eigenvalue weighted by Gasteiger charge is 2.30. The van der Waals surface area contributed by atoms with Gasteiger partial charge in [0, 0.05) is 23.2 Å². The van der Waals surface area contributed by atoms with Crippen LogP contribution in [0.25, 0.3) is 32.4 Å². The third-order valence-electron chi connectivity index (χ3n) is 5.29. The summed E-state index contributed by atoms with van der Waals surface area (Å²) in [4.78, 5) is 25.6. The number of aromatic nitrogens is 3. The van der Waals surface area contributed by atoms with Gasteiger partial charge in [-0.25, -0.2) is 9.97 Å². The maximum absolute atomic E-state index is 12.1. The number of fused-ring (bicyclic) bond motifs is 3. The first-order valence-corrected chi connectivity index (χ1v) is 10.5. The Balaban J connectivity index is 1.62. The van der Waals surface area contributed by atoms with Crippen LogP contribution in [0, 0.1) is 12.8 Å². The molecule has 0 unspecified atom stereocenters. The van der Waals surface area contributed by atoms with Crippen molar-refractivity contribution < 1.29 is 14.3 Å². The number of aryl methyl sites for hydroxylation is 1. The molecule has 1 aliphatic carbocycles. The number of hydrogen-bond acceptors (Lipinski definition) is 7. The van der Waals surface area contributed by atoms with Crippen LogP contribution in [0.1, 0.15) is 43.5 Å². The third kappa shape index (κ3) is 3.18. The van der Waals surface area contributed by atoms with E-state index in [2.05, 4.69) is 20.3 Å². The number of pyridine rings is 1. The number of aliphatic hydroxyl groups is 1. The highest BCUT2D eigenvalue weighted by Crippen LogP contribution is 2.40. The van der Waals surface area contributed by atoms with Crippen LogP contribution in [0.3, 0.4) is 0 Å². The Hall–Kier alpha value is -2.84. The molecular formula is C21H20N4O3S. The molecule has 29 heavy (non-hydrogen) atoms. The van der Waals surface area contributed by atoms with E-state index in [9.17, 15) is 9.90 Å². The predicted molar refractivity (Wildman–Crippen MR) is 112 cm³/mol. The highest BCUT2D eigenvalue weighted by atomic mass is 32.1. The SMILES string of the molecule is CC[C@H](O)c1cc(C)c(-c2cc3nc(NC(=O)C4CC4)sc3c3ocnc23)cn1. The molecule has 5 rings (SSSR count). The fourth-order valence-electron chi connectivity index (χ4n) is 3.46. The van der Waals surface area contributed by atoms with Crippen molar-refractivity contribution in [3.05, 3.63) is 36.0 Å². The number of nitrogens with zero attached hydrogens (tertiary/aromatic N) is 3. The van der Waals surface area contributed by atoms with Crippen molar-refractivity contribution in [1.29, 1.82) is 0 Å². The minimum atomic E-state index is -0.575. The van der Waals surface area contributed by atoms with Gasteiger partial charge in [-0.05, 0) is 43.9 Å². The Labute approximate surface area is 170 Å². The molecule has 1 atom stereocenters. The lowest BCUT2D eigenvalue weighted by molar-refractivity contribution is -0.117. The zero-order valence-corrected chi connectivity index (χ0v) is 16.9. The van der Waals surface area contributed by atoms with Crippen molar-refractivity contribution in [2.75, 3.05) is 5.32 Å². The summed E-state index contributed by atoms with van der Waals surface area (Å²) in [6.45, 7) is 3.91. The van der Waals surface area contributed by atoms with Crippen LogP contribution in [0.2, 0.25) is 0 Å². The van der Waals surface area contributed by atoms with Gasteiger partial charge in [-0.15, -0.1) is 0 Å². The van der Waals surface area contributed by atoms with Crippen LogP contribution in [0.5, 0.6) is 0 Å². The number of anilines is 1. The smallest absolute Gasteiger partial charge is 0.229 e. The molecule has 0 aliphatic heterocycles. The lowest BCUT2D eigenvalue weighted by Gasteiger charge is -2.11. The lowest BCUT2D eigenvalue weighted by atomic mass is 9.99. The summed E-state index contributed by atoms with van der Waals surface area (Å²) in [6, 6.07) is 3.87. The van der Waals surface area contributed by atoms with Crippen molar-refractivity contribution in [3.8, 4) is 11.1 Å². The quantitative estimate of drug-likeness (QED) is 0.500. The van der Waals surface area contributed by atoms with Gasteiger partial charge in [-0.2, -0.15) is 0 Å². The molecule has 0 bridgehead atoms. The molecule has 1 aromatic carbocycles. The normalized spacial score (nSPS) is 15.1. The molecule has 0 radical (unpaired) electrons. The van der Waals surface area contributed by atoms with Crippen molar-refractivity contribution in [2.45, 2.75) is 39.2 Å². The molecule has 148 valence electrons. The number of carbonyl (C=O) groups excluding carboxylic acids is 1. The van der Waals surface area contributed by atoms with Gasteiger partial charge in [-0.1, -0.05) is 18.3 Å². The first kappa shape index (κ1) is 18.2. The predicted octanol–water partition coefficient (Wildman–Crippen LogP) is 4.60. The van der Waals surface area contributed by atoms with Crippen LogP contribution < -0.4 is 5.32 Å². The molecular weight excluding hydrogens is 388 g/mol. The number of carbonyl (C=O) groups is 1. The summed E-state index contributed by atoms with van der Waals surface area (Å²) in [5.74, 6) is 0.150. The largest absolute Gasteiger partial charge is 0.442 e. The molecule has 2 N–H and O–H groups in total. The van der Waals surface area contributed by atoms with Gasteiger partial charge in [-0.3, -0.25) is 9.78 Å². The van der Waals surface area contributed by atoms with E-state index in [0.29, 0.717) is 22.8 Å². The Morgan fingerprint density at radius 2 is 2.17 bits per heavy atom. The number of hydrogen-bond donors (Lipinski definition) is 2. The van der Waals surface area contributed by atoms with Crippen LogP contribution in [0.4, 0.5) is 5.13 Å². The van der Waals surface area contributed by atoms with Gasteiger partial charge in [0.05, 0.1) is 17.3 Å². The average molecular weight is 408 g/mol. The monoisotopic (exact) mass is 408 g/mol. The lowest BCUT2D eigenvalue weighted by Crippen LogP contribution is -2.12. The van der Waals surface area contributed by atoms with E-state index in [1.165, 1.54) is 17.7 Å². The van der Waals surface area contributed by atoms with Crippen molar-refractivity contribution >= 4 is 43.7 Å². The van der Waals surface area contributed by atoms with E-state index in [1.54, 1.807) is 6.20 Å². The second kappa shape index (κ2) is 6.89. The summed E-state index contributed by atoms with van der Waals surface area (Å²) < 4.78 is 6.53. The van der Waals surface area contributed by atoms with Crippen LogP contribution >= 0.6 is 11.3 Å². The van der Waals surface area contributed by atoms with Crippen molar-refractivity contribution in [2.24, 2.45) is 5.92 Å². The first-order valence-electron chi connectivity index (χ1n) is 9.67. The molecule has 3 heterocycles. The number of nitrogens with one attached hydrogen (secondary N) is 1. The fourth-order valence-corrected chi connectivity index (χ4v) is 4.40. The Bertz CT molecular complexity index is 1240. The molecule has 3 aromatic heterocycles. The zero-order chi connectivity index (χ0) is 20.1. The van der Waals surface area contributed by atoms with Crippen molar-refractivity contribution in [1.82, 2.24) is 15.0 Å². The van der Waals surface area contributed by atoms with E-state index >= 15 is 0 Å². The van der Waals surface area contributed by atoms with E-state index in [0.717, 1.165) is 45.3 Å². The Morgan fingerprint density at radius 1 is 1.34 bits per heavy atom. The zero-order valence-electron chi connectivity index (χ0n) is 16.1. The molecule has 8 heteroatoms. The van der Waals surface area contributed by atoms with Gasteiger partial charge >= 0.3 is 0 Å². The van der Waals surface area contributed by atoms with Gasteiger partial charge in [0.1, 0.15) is 10.2 Å². The minimum Gasteiger partial charge on any atom is -0.442 e. The Morgan fingerprint density at radius 3 is 2.90 bits per heavy atom. The molecule has 1 aliphatic rings. The van der Waals surface area contributed by atoms with E-state index in [4.69, 9.17) is 4.42 Å². The Kier molecular flexibility index (Phi) is 4.33. The number of amides is 1. The number of thiazole rings is 1. The molecule has 4 aromatic rings. The highest BCUT2D eigenvalue weighted by molar-refractivity contribution is 7.23. The first-order chi connectivity index (χ1) is 14.0. The average Bonchev–Trinajstić information content (AvgIpc) is 3.31. The standard InChI is InChI=1S/C21H20N4O3S/c1-3-16(26)14-6-10(2)13(8-22-14)12-7-15-19(18-17(12)23-9-28-18)29-21(24-15)25-20(27)11-4-5-11/h6-9,11,16,26H,3-5H2,1-2H3,(H,24,25,27)/t16-/m0/s1. The topological polar surface area (TPSA) is 101 Å². The van der Waals surface area contributed by atoms with E-state index in [1.807, 2.05) is 26.0 Å². The van der Waals surface area contributed by atoms with Gasteiger partial charge in [0.2, 0.25) is 5.91 Å². The van der Waals surface area contributed by atoms with Gasteiger partial charge in [0.15, 0.2) is 17.1 Å².